The van der Waals surface area contributed by atoms with Crippen molar-refractivity contribution in [3.8, 4) is 0 Å². The van der Waals surface area contributed by atoms with E-state index in [0.717, 1.165) is 22.5 Å². The molecule has 4 rings (SSSR count). The second-order valence-electron chi connectivity index (χ2n) is 6.40. The summed E-state index contributed by atoms with van der Waals surface area (Å²) in [5.41, 5.74) is 3.26. The van der Waals surface area contributed by atoms with Crippen molar-refractivity contribution < 1.29 is 5.11 Å². The highest BCUT2D eigenvalue weighted by Gasteiger charge is 2.42. The Labute approximate surface area is 147 Å². The van der Waals surface area contributed by atoms with Gasteiger partial charge in [-0.1, -0.05) is 66.7 Å². The van der Waals surface area contributed by atoms with E-state index < -0.39 is 5.60 Å². The molecule has 1 heterocycles. The molecule has 0 radical (unpaired) electrons. The molecule has 0 aromatic heterocycles. The zero-order valence-corrected chi connectivity index (χ0v) is 14.1. The van der Waals surface area contributed by atoms with Gasteiger partial charge in [0.1, 0.15) is 5.60 Å². The summed E-state index contributed by atoms with van der Waals surface area (Å²) >= 11 is 0. The maximum absolute atomic E-state index is 11.7. The van der Waals surface area contributed by atoms with Crippen molar-refractivity contribution >= 4 is 17.1 Å². The number of likely N-dealkylation sites (N-methyl/N-ethyl adjacent to an activating group) is 1. The van der Waals surface area contributed by atoms with Gasteiger partial charge in [-0.05, 0) is 23.8 Å². The standard InChI is InChI=1S/C22H20N2O/c1-24-16-22(25,17-10-4-2-5-11-17)21(19-14-8-9-15-20(19)24)23-18-12-6-3-7-13-18/h2-15,25H,16H2,1H3. The molecule has 1 aliphatic heterocycles. The van der Waals surface area contributed by atoms with Crippen molar-refractivity contribution in [3.63, 3.8) is 0 Å². The van der Waals surface area contributed by atoms with Crippen molar-refractivity contribution in [2.24, 2.45) is 4.99 Å². The molecule has 0 saturated heterocycles. The molecule has 0 fully saturated rings. The van der Waals surface area contributed by atoms with Gasteiger partial charge in [-0.25, -0.2) is 4.99 Å². The van der Waals surface area contributed by atoms with Gasteiger partial charge in [0, 0.05) is 18.3 Å². The van der Waals surface area contributed by atoms with Crippen LogP contribution in [-0.4, -0.2) is 24.4 Å². The monoisotopic (exact) mass is 328 g/mol. The summed E-state index contributed by atoms with van der Waals surface area (Å²) in [6.45, 7) is 0.458. The van der Waals surface area contributed by atoms with E-state index in [2.05, 4.69) is 11.0 Å². The van der Waals surface area contributed by atoms with Crippen LogP contribution < -0.4 is 4.90 Å². The highest BCUT2D eigenvalue weighted by Crippen LogP contribution is 2.38. The fourth-order valence-electron chi connectivity index (χ4n) is 3.46. The van der Waals surface area contributed by atoms with Gasteiger partial charge in [-0.2, -0.15) is 0 Å². The minimum Gasteiger partial charge on any atom is -0.377 e. The smallest absolute Gasteiger partial charge is 0.149 e. The second-order valence-corrected chi connectivity index (χ2v) is 6.40. The summed E-state index contributed by atoms with van der Waals surface area (Å²) in [4.78, 5) is 6.95. The average Bonchev–Trinajstić information content (AvgIpc) is 2.67. The van der Waals surface area contributed by atoms with Gasteiger partial charge in [0.25, 0.3) is 0 Å². The van der Waals surface area contributed by atoms with Gasteiger partial charge in [0.05, 0.1) is 17.9 Å². The Bertz CT molecular complexity index is 906. The number of para-hydroxylation sites is 2. The molecule has 0 amide bonds. The molecular weight excluding hydrogens is 308 g/mol. The number of hydrogen-bond acceptors (Lipinski definition) is 3. The summed E-state index contributed by atoms with van der Waals surface area (Å²) in [6, 6.07) is 27.7. The molecule has 1 aliphatic rings. The molecule has 1 atom stereocenters. The average molecular weight is 328 g/mol. The Morgan fingerprint density at radius 2 is 1.44 bits per heavy atom. The van der Waals surface area contributed by atoms with Gasteiger partial charge >= 0.3 is 0 Å². The van der Waals surface area contributed by atoms with Crippen LogP contribution in [0.3, 0.4) is 0 Å². The lowest BCUT2D eigenvalue weighted by Crippen LogP contribution is -2.50. The summed E-state index contributed by atoms with van der Waals surface area (Å²) in [5, 5.41) is 11.7. The predicted molar refractivity (Wildman–Crippen MR) is 103 cm³/mol. The third-order valence-electron chi connectivity index (χ3n) is 4.68. The normalized spacial score (nSPS) is 21.2. The Morgan fingerprint density at radius 3 is 2.16 bits per heavy atom. The zero-order chi connectivity index (χ0) is 17.3. The molecule has 3 heteroatoms. The van der Waals surface area contributed by atoms with Gasteiger partial charge in [-0.15, -0.1) is 0 Å². The first-order valence-electron chi connectivity index (χ1n) is 8.41. The molecule has 0 saturated carbocycles. The first-order chi connectivity index (χ1) is 12.2. The summed E-state index contributed by atoms with van der Waals surface area (Å²) in [5.74, 6) is 0. The molecule has 124 valence electrons. The zero-order valence-electron chi connectivity index (χ0n) is 14.1. The van der Waals surface area contributed by atoms with E-state index in [0.29, 0.717) is 12.3 Å². The number of benzene rings is 3. The predicted octanol–water partition coefficient (Wildman–Crippen LogP) is 4.15. The Balaban J connectivity index is 1.96. The maximum Gasteiger partial charge on any atom is 0.149 e. The second kappa shape index (κ2) is 6.19. The van der Waals surface area contributed by atoms with E-state index in [1.54, 1.807) is 0 Å². The number of aliphatic hydroxyl groups is 1. The Kier molecular flexibility index (Phi) is 3.86. The van der Waals surface area contributed by atoms with Gasteiger partial charge in [-0.3, -0.25) is 0 Å². The first kappa shape index (κ1) is 15.6. The minimum absolute atomic E-state index is 0.458. The number of rotatable bonds is 2. The quantitative estimate of drug-likeness (QED) is 0.767. The molecule has 25 heavy (non-hydrogen) atoms. The highest BCUT2D eigenvalue weighted by atomic mass is 16.3. The van der Waals surface area contributed by atoms with Crippen LogP contribution in [0.4, 0.5) is 11.4 Å². The maximum atomic E-state index is 11.7. The van der Waals surface area contributed by atoms with Crippen LogP contribution in [0.1, 0.15) is 11.1 Å². The molecule has 1 N–H and O–H groups in total. The van der Waals surface area contributed by atoms with E-state index in [-0.39, 0.29) is 0 Å². The number of aliphatic imine (C=N–C) groups is 1. The van der Waals surface area contributed by atoms with Crippen molar-refractivity contribution in [1.29, 1.82) is 0 Å². The van der Waals surface area contributed by atoms with E-state index in [9.17, 15) is 5.11 Å². The third kappa shape index (κ3) is 2.73. The number of fused-ring (bicyclic) bond motifs is 1. The topological polar surface area (TPSA) is 35.8 Å². The van der Waals surface area contributed by atoms with Crippen LogP contribution in [0, 0.1) is 0 Å². The van der Waals surface area contributed by atoms with Crippen molar-refractivity contribution in [1.82, 2.24) is 0 Å². The van der Waals surface area contributed by atoms with Crippen LogP contribution in [0.2, 0.25) is 0 Å². The number of β-amino-alcohol motifs (C(OH)–C–C–N with tert-alkyl or cyclic N) is 1. The van der Waals surface area contributed by atoms with Crippen LogP contribution in [-0.2, 0) is 5.60 Å². The lowest BCUT2D eigenvalue weighted by Gasteiger charge is -2.41. The fourth-order valence-corrected chi connectivity index (χ4v) is 3.46. The van der Waals surface area contributed by atoms with Crippen molar-refractivity contribution in [3.05, 3.63) is 96.1 Å². The van der Waals surface area contributed by atoms with Crippen molar-refractivity contribution in [2.75, 3.05) is 18.5 Å². The molecule has 3 nitrogen and oxygen atoms in total. The van der Waals surface area contributed by atoms with Gasteiger partial charge < -0.3 is 10.0 Å². The number of anilines is 1. The van der Waals surface area contributed by atoms with E-state index in [1.165, 1.54) is 0 Å². The van der Waals surface area contributed by atoms with Gasteiger partial charge in [0.2, 0.25) is 0 Å². The number of nitrogens with zero attached hydrogens (tertiary/aromatic N) is 2. The molecule has 1 unspecified atom stereocenters. The van der Waals surface area contributed by atoms with Crippen molar-refractivity contribution in [2.45, 2.75) is 5.60 Å². The van der Waals surface area contributed by atoms with Crippen LogP contribution in [0.25, 0.3) is 0 Å². The van der Waals surface area contributed by atoms with Crippen LogP contribution in [0.5, 0.6) is 0 Å². The molecule has 3 aromatic carbocycles. The molecule has 0 bridgehead atoms. The lowest BCUT2D eigenvalue weighted by molar-refractivity contribution is 0.117. The SMILES string of the molecule is CN1CC(O)(c2ccccc2)C(=Nc2ccccc2)c2ccccc21. The minimum atomic E-state index is -1.17. The third-order valence-corrected chi connectivity index (χ3v) is 4.68. The van der Waals surface area contributed by atoms with Gasteiger partial charge in [0.15, 0.2) is 0 Å². The Hall–Kier alpha value is -2.91. The highest BCUT2D eigenvalue weighted by molar-refractivity contribution is 6.13. The molecular formula is C22H20N2O. The van der Waals surface area contributed by atoms with E-state index in [1.807, 2.05) is 85.9 Å². The van der Waals surface area contributed by atoms with E-state index in [4.69, 9.17) is 4.99 Å². The van der Waals surface area contributed by atoms with Crippen LogP contribution >= 0.6 is 0 Å². The van der Waals surface area contributed by atoms with Crippen LogP contribution in [0.15, 0.2) is 89.9 Å². The Morgan fingerprint density at radius 1 is 0.840 bits per heavy atom. The summed E-state index contributed by atoms with van der Waals surface area (Å²) in [6.07, 6.45) is 0. The largest absolute Gasteiger partial charge is 0.377 e. The lowest BCUT2D eigenvalue weighted by atomic mass is 9.81. The molecule has 0 spiro atoms. The summed E-state index contributed by atoms with van der Waals surface area (Å²) in [7, 11) is 2.01. The summed E-state index contributed by atoms with van der Waals surface area (Å²) < 4.78 is 0. The molecule has 0 aliphatic carbocycles. The first-order valence-corrected chi connectivity index (χ1v) is 8.41. The fraction of sp³-hybridized carbons (Fsp3) is 0.136. The molecule has 3 aromatic rings. The number of hydrogen-bond donors (Lipinski definition) is 1. The van der Waals surface area contributed by atoms with E-state index >= 15 is 0 Å².